The Hall–Kier alpha value is -0.570. The molecular weight excluding hydrogens is 154 g/mol. The maximum absolute atomic E-state index is 10.8. The molecule has 0 aromatic carbocycles. The van der Waals surface area contributed by atoms with Crippen LogP contribution in [0.5, 0.6) is 0 Å². The molecule has 0 spiro atoms. The lowest BCUT2D eigenvalue weighted by atomic mass is 9.94. The average molecular weight is 173 g/mol. The molecule has 0 radical (unpaired) electrons. The van der Waals surface area contributed by atoms with Crippen molar-refractivity contribution in [2.24, 2.45) is 5.92 Å². The molecule has 0 aliphatic rings. The van der Waals surface area contributed by atoms with Crippen molar-refractivity contribution in [1.29, 1.82) is 0 Å². The molecular formula is C9H19NO2. The zero-order chi connectivity index (χ0) is 9.56. The van der Waals surface area contributed by atoms with E-state index in [9.17, 15) is 4.79 Å². The van der Waals surface area contributed by atoms with Crippen LogP contribution in [0.3, 0.4) is 0 Å². The molecule has 0 fully saturated rings. The van der Waals surface area contributed by atoms with Crippen LogP contribution >= 0.6 is 0 Å². The fraction of sp³-hybridized carbons (Fsp3) is 0.889. The summed E-state index contributed by atoms with van der Waals surface area (Å²) in [5, 5.41) is 11.9. The molecule has 0 heterocycles. The van der Waals surface area contributed by atoms with Gasteiger partial charge in [0, 0.05) is 0 Å². The first-order chi connectivity index (χ1) is 5.67. The van der Waals surface area contributed by atoms with E-state index in [1.807, 2.05) is 20.8 Å². The lowest BCUT2D eigenvalue weighted by Gasteiger charge is -2.21. The topological polar surface area (TPSA) is 49.3 Å². The van der Waals surface area contributed by atoms with E-state index in [1.54, 1.807) is 0 Å². The molecule has 72 valence electrons. The fourth-order valence-electron chi connectivity index (χ4n) is 1.44. The van der Waals surface area contributed by atoms with Crippen LogP contribution in [0.15, 0.2) is 0 Å². The van der Waals surface area contributed by atoms with Crippen molar-refractivity contribution in [3.05, 3.63) is 0 Å². The summed E-state index contributed by atoms with van der Waals surface area (Å²) in [4.78, 5) is 10.8. The SMILES string of the molecule is CCNC(C(=O)O)C(CC)CC. The third kappa shape index (κ3) is 3.22. The van der Waals surface area contributed by atoms with E-state index in [2.05, 4.69) is 5.32 Å². The Balaban J connectivity index is 4.15. The first-order valence-electron chi connectivity index (χ1n) is 4.63. The summed E-state index contributed by atoms with van der Waals surface area (Å²) in [6.45, 7) is 6.70. The molecule has 2 N–H and O–H groups in total. The third-order valence-electron chi connectivity index (χ3n) is 2.21. The van der Waals surface area contributed by atoms with Crippen LogP contribution in [0.25, 0.3) is 0 Å². The Morgan fingerprint density at radius 3 is 2.08 bits per heavy atom. The van der Waals surface area contributed by atoms with Crippen LogP contribution in [-0.2, 0) is 4.79 Å². The number of carboxylic acid groups (broad SMARTS) is 1. The van der Waals surface area contributed by atoms with Gasteiger partial charge in [-0.3, -0.25) is 4.79 Å². The van der Waals surface area contributed by atoms with Gasteiger partial charge in [0.2, 0.25) is 0 Å². The fourth-order valence-corrected chi connectivity index (χ4v) is 1.44. The lowest BCUT2D eigenvalue weighted by Crippen LogP contribution is -2.42. The van der Waals surface area contributed by atoms with Crippen molar-refractivity contribution in [3.63, 3.8) is 0 Å². The third-order valence-corrected chi connectivity index (χ3v) is 2.21. The average Bonchev–Trinajstić information content (AvgIpc) is 2.05. The van der Waals surface area contributed by atoms with E-state index in [-0.39, 0.29) is 12.0 Å². The number of carboxylic acids is 1. The molecule has 12 heavy (non-hydrogen) atoms. The summed E-state index contributed by atoms with van der Waals surface area (Å²) < 4.78 is 0. The summed E-state index contributed by atoms with van der Waals surface area (Å²) in [5.41, 5.74) is 0. The lowest BCUT2D eigenvalue weighted by molar-refractivity contribution is -0.141. The Kier molecular flexibility index (Phi) is 5.72. The monoisotopic (exact) mass is 173 g/mol. The number of hydrogen-bond acceptors (Lipinski definition) is 2. The van der Waals surface area contributed by atoms with Crippen LogP contribution < -0.4 is 5.32 Å². The summed E-state index contributed by atoms with van der Waals surface area (Å²) in [7, 11) is 0. The van der Waals surface area contributed by atoms with Crippen LogP contribution in [0.4, 0.5) is 0 Å². The van der Waals surface area contributed by atoms with Gasteiger partial charge in [-0.05, 0) is 12.5 Å². The largest absolute Gasteiger partial charge is 0.480 e. The number of nitrogens with one attached hydrogen (secondary N) is 1. The normalized spacial score (nSPS) is 13.3. The molecule has 0 saturated carbocycles. The van der Waals surface area contributed by atoms with E-state index in [4.69, 9.17) is 5.11 Å². The van der Waals surface area contributed by atoms with Gasteiger partial charge < -0.3 is 10.4 Å². The predicted octanol–water partition coefficient (Wildman–Crippen LogP) is 1.49. The highest BCUT2D eigenvalue weighted by Crippen LogP contribution is 2.12. The van der Waals surface area contributed by atoms with Gasteiger partial charge in [-0.2, -0.15) is 0 Å². The van der Waals surface area contributed by atoms with E-state index in [0.29, 0.717) is 6.54 Å². The van der Waals surface area contributed by atoms with Gasteiger partial charge in [-0.15, -0.1) is 0 Å². The second-order valence-corrected chi connectivity index (χ2v) is 2.95. The maximum Gasteiger partial charge on any atom is 0.320 e. The molecule has 1 atom stereocenters. The molecule has 0 aromatic heterocycles. The number of aliphatic carboxylic acids is 1. The zero-order valence-corrected chi connectivity index (χ0v) is 8.13. The molecule has 3 heteroatoms. The first kappa shape index (κ1) is 11.4. The predicted molar refractivity (Wildman–Crippen MR) is 49.2 cm³/mol. The van der Waals surface area contributed by atoms with Crippen LogP contribution in [0, 0.1) is 5.92 Å². The number of rotatable bonds is 6. The molecule has 3 nitrogen and oxygen atoms in total. The van der Waals surface area contributed by atoms with Crippen LogP contribution in [0.1, 0.15) is 33.6 Å². The minimum Gasteiger partial charge on any atom is -0.480 e. The molecule has 0 aromatic rings. The van der Waals surface area contributed by atoms with E-state index >= 15 is 0 Å². The van der Waals surface area contributed by atoms with Gasteiger partial charge in [-0.25, -0.2) is 0 Å². The van der Waals surface area contributed by atoms with Gasteiger partial charge in [-0.1, -0.05) is 33.6 Å². The molecule has 0 bridgehead atoms. The van der Waals surface area contributed by atoms with Crippen molar-refractivity contribution in [2.45, 2.75) is 39.7 Å². The minimum absolute atomic E-state index is 0.252. The highest BCUT2D eigenvalue weighted by Gasteiger charge is 2.23. The smallest absolute Gasteiger partial charge is 0.320 e. The summed E-state index contributed by atoms with van der Waals surface area (Å²) in [6, 6.07) is -0.370. The van der Waals surface area contributed by atoms with E-state index in [0.717, 1.165) is 12.8 Å². The molecule has 0 aliphatic carbocycles. The highest BCUT2D eigenvalue weighted by molar-refractivity contribution is 5.73. The van der Waals surface area contributed by atoms with Gasteiger partial charge in [0.05, 0.1) is 0 Å². The van der Waals surface area contributed by atoms with Gasteiger partial charge >= 0.3 is 5.97 Å². The Bertz CT molecular complexity index is 132. The summed E-state index contributed by atoms with van der Waals surface area (Å²) in [5.74, 6) is -0.479. The van der Waals surface area contributed by atoms with Gasteiger partial charge in [0.15, 0.2) is 0 Å². The molecule has 0 rings (SSSR count). The first-order valence-corrected chi connectivity index (χ1v) is 4.63. The van der Waals surface area contributed by atoms with Crippen molar-refractivity contribution >= 4 is 5.97 Å². The minimum atomic E-state index is -0.731. The van der Waals surface area contributed by atoms with Crippen molar-refractivity contribution < 1.29 is 9.90 Å². The van der Waals surface area contributed by atoms with Crippen LogP contribution in [0.2, 0.25) is 0 Å². The summed E-state index contributed by atoms with van der Waals surface area (Å²) in [6.07, 6.45) is 1.83. The number of likely N-dealkylation sites (N-methyl/N-ethyl adjacent to an activating group) is 1. The Morgan fingerprint density at radius 2 is 1.83 bits per heavy atom. The van der Waals surface area contributed by atoms with Crippen molar-refractivity contribution in [3.8, 4) is 0 Å². The molecule has 1 unspecified atom stereocenters. The highest BCUT2D eigenvalue weighted by atomic mass is 16.4. The standard InChI is InChI=1S/C9H19NO2/c1-4-7(5-2)8(9(11)12)10-6-3/h7-8,10H,4-6H2,1-3H3,(H,11,12). The second kappa shape index (κ2) is 6.00. The van der Waals surface area contributed by atoms with Crippen LogP contribution in [-0.4, -0.2) is 23.7 Å². The Morgan fingerprint density at radius 1 is 1.33 bits per heavy atom. The van der Waals surface area contributed by atoms with E-state index < -0.39 is 5.97 Å². The summed E-state index contributed by atoms with van der Waals surface area (Å²) >= 11 is 0. The quantitative estimate of drug-likeness (QED) is 0.639. The number of hydrogen-bond donors (Lipinski definition) is 2. The van der Waals surface area contributed by atoms with E-state index in [1.165, 1.54) is 0 Å². The molecule has 0 saturated heterocycles. The maximum atomic E-state index is 10.8. The molecule has 0 amide bonds. The molecule has 0 aliphatic heterocycles. The van der Waals surface area contributed by atoms with Gasteiger partial charge in [0.1, 0.15) is 6.04 Å². The van der Waals surface area contributed by atoms with Crippen molar-refractivity contribution in [2.75, 3.05) is 6.54 Å². The second-order valence-electron chi connectivity index (χ2n) is 2.95. The van der Waals surface area contributed by atoms with Gasteiger partial charge in [0.25, 0.3) is 0 Å². The zero-order valence-electron chi connectivity index (χ0n) is 8.13. The number of carbonyl (C=O) groups is 1. The Labute approximate surface area is 74.2 Å². The van der Waals surface area contributed by atoms with Crippen molar-refractivity contribution in [1.82, 2.24) is 5.32 Å².